The van der Waals surface area contributed by atoms with Crippen molar-refractivity contribution in [2.45, 2.75) is 26.4 Å². The Balaban J connectivity index is 2.77. The highest BCUT2D eigenvalue weighted by atomic mass is 16.3. The van der Waals surface area contributed by atoms with Gasteiger partial charge in [0.15, 0.2) is 0 Å². The van der Waals surface area contributed by atoms with Crippen molar-refractivity contribution in [2.75, 3.05) is 6.61 Å². The number of aliphatic hydroxyl groups excluding tert-OH is 2. The average molecular weight is 180 g/mol. The standard InChI is InChI=1S/C11H16O2/c1-8-3-9(2)5-10(4-8)6-11(13)7-12/h3-5,11-13H,6-7H2,1-2H3. The lowest BCUT2D eigenvalue weighted by molar-refractivity contribution is 0.0955. The van der Waals surface area contributed by atoms with Crippen molar-refractivity contribution in [3.8, 4) is 0 Å². The van der Waals surface area contributed by atoms with E-state index in [2.05, 4.69) is 6.07 Å². The molecule has 0 aliphatic heterocycles. The van der Waals surface area contributed by atoms with Crippen LogP contribution < -0.4 is 0 Å². The van der Waals surface area contributed by atoms with Gasteiger partial charge in [-0.05, 0) is 19.4 Å². The highest BCUT2D eigenvalue weighted by Gasteiger charge is 2.04. The van der Waals surface area contributed by atoms with Gasteiger partial charge in [0.1, 0.15) is 0 Å². The smallest absolute Gasteiger partial charge is 0.0811 e. The maximum absolute atomic E-state index is 9.24. The van der Waals surface area contributed by atoms with Gasteiger partial charge in [-0.25, -0.2) is 0 Å². The Bertz CT molecular complexity index is 261. The molecule has 13 heavy (non-hydrogen) atoms. The molecule has 0 saturated carbocycles. The third-order valence-electron chi connectivity index (χ3n) is 1.96. The largest absolute Gasteiger partial charge is 0.394 e. The fourth-order valence-electron chi connectivity index (χ4n) is 1.52. The number of rotatable bonds is 3. The van der Waals surface area contributed by atoms with E-state index in [1.54, 1.807) is 0 Å². The average Bonchev–Trinajstić information content (AvgIpc) is 2.02. The van der Waals surface area contributed by atoms with Crippen molar-refractivity contribution in [3.63, 3.8) is 0 Å². The minimum atomic E-state index is -0.638. The Morgan fingerprint density at radius 1 is 1.15 bits per heavy atom. The summed E-state index contributed by atoms with van der Waals surface area (Å²) < 4.78 is 0. The molecule has 0 bridgehead atoms. The van der Waals surface area contributed by atoms with Crippen LogP contribution in [0, 0.1) is 13.8 Å². The lowest BCUT2D eigenvalue weighted by Crippen LogP contribution is -2.15. The molecular formula is C11H16O2. The van der Waals surface area contributed by atoms with Crippen LogP contribution in [0.3, 0.4) is 0 Å². The molecule has 0 amide bonds. The van der Waals surface area contributed by atoms with Gasteiger partial charge in [0.25, 0.3) is 0 Å². The Hall–Kier alpha value is -0.860. The second kappa shape index (κ2) is 4.40. The van der Waals surface area contributed by atoms with Crippen LogP contribution in [0.5, 0.6) is 0 Å². The zero-order chi connectivity index (χ0) is 9.84. The van der Waals surface area contributed by atoms with E-state index in [-0.39, 0.29) is 6.61 Å². The second-order valence-corrected chi connectivity index (χ2v) is 3.54. The van der Waals surface area contributed by atoms with Crippen LogP contribution in [0.2, 0.25) is 0 Å². The van der Waals surface area contributed by atoms with Gasteiger partial charge in [0.2, 0.25) is 0 Å². The van der Waals surface area contributed by atoms with Gasteiger partial charge < -0.3 is 10.2 Å². The molecule has 2 heteroatoms. The molecule has 1 unspecified atom stereocenters. The first-order valence-corrected chi connectivity index (χ1v) is 4.48. The molecule has 0 spiro atoms. The summed E-state index contributed by atoms with van der Waals surface area (Å²) in [4.78, 5) is 0. The van der Waals surface area contributed by atoms with Crippen LogP contribution in [0.25, 0.3) is 0 Å². The molecule has 0 aliphatic carbocycles. The quantitative estimate of drug-likeness (QED) is 0.733. The maximum Gasteiger partial charge on any atom is 0.0811 e. The number of hydrogen-bond donors (Lipinski definition) is 2. The fraction of sp³-hybridized carbons (Fsp3) is 0.455. The summed E-state index contributed by atoms with van der Waals surface area (Å²) in [6.45, 7) is 3.89. The molecule has 0 aromatic heterocycles. The highest BCUT2D eigenvalue weighted by Crippen LogP contribution is 2.10. The van der Waals surface area contributed by atoms with Crippen molar-refractivity contribution < 1.29 is 10.2 Å². The molecule has 0 radical (unpaired) electrons. The molecule has 0 fully saturated rings. The zero-order valence-electron chi connectivity index (χ0n) is 8.12. The Labute approximate surface area is 78.8 Å². The van der Waals surface area contributed by atoms with Crippen molar-refractivity contribution in [2.24, 2.45) is 0 Å². The van der Waals surface area contributed by atoms with Crippen LogP contribution in [0.4, 0.5) is 0 Å². The summed E-state index contributed by atoms with van der Waals surface area (Å²) >= 11 is 0. The summed E-state index contributed by atoms with van der Waals surface area (Å²) in [5.41, 5.74) is 3.47. The van der Waals surface area contributed by atoms with Crippen molar-refractivity contribution in [3.05, 3.63) is 34.9 Å². The fourth-order valence-corrected chi connectivity index (χ4v) is 1.52. The zero-order valence-corrected chi connectivity index (χ0v) is 8.12. The minimum absolute atomic E-state index is 0.174. The minimum Gasteiger partial charge on any atom is -0.394 e. The molecule has 1 rings (SSSR count). The van der Waals surface area contributed by atoms with E-state index >= 15 is 0 Å². The first-order chi connectivity index (χ1) is 6.11. The van der Waals surface area contributed by atoms with Crippen molar-refractivity contribution >= 4 is 0 Å². The van der Waals surface area contributed by atoms with Crippen LogP contribution in [-0.2, 0) is 6.42 Å². The topological polar surface area (TPSA) is 40.5 Å². The number of benzene rings is 1. The van der Waals surface area contributed by atoms with Crippen LogP contribution >= 0.6 is 0 Å². The van der Waals surface area contributed by atoms with Crippen LogP contribution in [-0.4, -0.2) is 22.9 Å². The van der Waals surface area contributed by atoms with Gasteiger partial charge >= 0.3 is 0 Å². The second-order valence-electron chi connectivity index (χ2n) is 3.54. The van der Waals surface area contributed by atoms with Gasteiger partial charge in [0.05, 0.1) is 12.7 Å². The van der Waals surface area contributed by atoms with Crippen molar-refractivity contribution in [1.82, 2.24) is 0 Å². The molecular weight excluding hydrogens is 164 g/mol. The Morgan fingerprint density at radius 3 is 2.15 bits per heavy atom. The highest BCUT2D eigenvalue weighted by molar-refractivity contribution is 5.28. The first-order valence-electron chi connectivity index (χ1n) is 4.48. The summed E-state index contributed by atoms with van der Waals surface area (Å²) in [6, 6.07) is 6.16. The van der Waals surface area contributed by atoms with E-state index in [0.29, 0.717) is 6.42 Å². The van der Waals surface area contributed by atoms with E-state index in [4.69, 9.17) is 5.11 Å². The third kappa shape index (κ3) is 3.17. The predicted octanol–water partition coefficient (Wildman–Crippen LogP) is 1.20. The van der Waals surface area contributed by atoms with E-state index in [9.17, 15) is 5.11 Å². The van der Waals surface area contributed by atoms with E-state index in [1.807, 2.05) is 26.0 Å². The molecule has 0 aliphatic rings. The van der Waals surface area contributed by atoms with Crippen molar-refractivity contribution in [1.29, 1.82) is 0 Å². The lowest BCUT2D eigenvalue weighted by Gasteiger charge is -2.08. The molecule has 2 N–H and O–H groups in total. The summed E-state index contributed by atoms with van der Waals surface area (Å²) in [7, 11) is 0. The van der Waals surface area contributed by atoms with E-state index < -0.39 is 6.10 Å². The van der Waals surface area contributed by atoms with Crippen LogP contribution in [0.1, 0.15) is 16.7 Å². The number of hydrogen-bond acceptors (Lipinski definition) is 2. The van der Waals surface area contributed by atoms with E-state index in [1.165, 1.54) is 11.1 Å². The molecule has 0 heterocycles. The molecule has 2 nitrogen and oxygen atoms in total. The summed E-state index contributed by atoms with van der Waals surface area (Å²) in [5.74, 6) is 0. The van der Waals surface area contributed by atoms with Gasteiger partial charge in [-0.15, -0.1) is 0 Å². The van der Waals surface area contributed by atoms with Gasteiger partial charge in [0, 0.05) is 6.42 Å². The molecule has 1 aromatic carbocycles. The SMILES string of the molecule is Cc1cc(C)cc(CC(O)CO)c1. The third-order valence-corrected chi connectivity index (χ3v) is 1.96. The molecule has 72 valence electrons. The van der Waals surface area contributed by atoms with Crippen LogP contribution in [0.15, 0.2) is 18.2 Å². The summed E-state index contributed by atoms with van der Waals surface area (Å²) in [6.07, 6.45) is -0.111. The molecule has 1 aromatic rings. The number of aliphatic hydroxyl groups is 2. The maximum atomic E-state index is 9.24. The normalized spacial score (nSPS) is 12.9. The first kappa shape index (κ1) is 10.2. The number of aryl methyl sites for hydroxylation is 2. The van der Waals surface area contributed by atoms with Gasteiger partial charge in [-0.1, -0.05) is 29.3 Å². The van der Waals surface area contributed by atoms with E-state index in [0.717, 1.165) is 5.56 Å². The Morgan fingerprint density at radius 2 is 1.69 bits per heavy atom. The predicted molar refractivity (Wildman–Crippen MR) is 52.7 cm³/mol. The van der Waals surface area contributed by atoms with Gasteiger partial charge in [-0.2, -0.15) is 0 Å². The summed E-state index contributed by atoms with van der Waals surface area (Å²) in [5, 5.41) is 17.9. The molecule has 0 saturated heterocycles. The molecule has 1 atom stereocenters. The lowest BCUT2D eigenvalue weighted by atomic mass is 10.0. The van der Waals surface area contributed by atoms with Gasteiger partial charge in [-0.3, -0.25) is 0 Å². The Kier molecular flexibility index (Phi) is 3.46. The monoisotopic (exact) mass is 180 g/mol.